The summed E-state index contributed by atoms with van der Waals surface area (Å²) < 4.78 is 0. The van der Waals surface area contributed by atoms with E-state index in [0.717, 1.165) is 19.4 Å². The maximum atomic E-state index is 10.3. The van der Waals surface area contributed by atoms with Gasteiger partial charge in [0.15, 0.2) is 0 Å². The lowest BCUT2D eigenvalue weighted by Crippen LogP contribution is -2.30. The SMILES string of the molecule is CCc1ccc(CCNCC(O)CC(=O)O)cc1. The number of nitrogens with one attached hydrogen (secondary N) is 1. The summed E-state index contributed by atoms with van der Waals surface area (Å²) in [5, 5.41) is 20.9. The van der Waals surface area contributed by atoms with Gasteiger partial charge in [0.1, 0.15) is 0 Å². The summed E-state index contributed by atoms with van der Waals surface area (Å²) in [5.74, 6) is -0.973. The average molecular weight is 251 g/mol. The van der Waals surface area contributed by atoms with Crippen LogP contribution in [-0.4, -0.2) is 35.4 Å². The lowest BCUT2D eigenvalue weighted by atomic mass is 10.1. The molecule has 0 heterocycles. The molecule has 1 aromatic rings. The molecule has 0 amide bonds. The molecule has 1 aromatic carbocycles. The number of aliphatic hydroxyl groups is 1. The van der Waals surface area contributed by atoms with E-state index in [4.69, 9.17) is 5.11 Å². The molecule has 3 N–H and O–H groups in total. The second-order valence-electron chi connectivity index (χ2n) is 4.38. The number of rotatable bonds is 8. The van der Waals surface area contributed by atoms with E-state index >= 15 is 0 Å². The minimum Gasteiger partial charge on any atom is -0.481 e. The van der Waals surface area contributed by atoms with Crippen LogP contribution < -0.4 is 5.32 Å². The molecule has 0 saturated carbocycles. The molecule has 0 saturated heterocycles. The Hall–Kier alpha value is -1.39. The van der Waals surface area contributed by atoms with Crippen LogP contribution in [0.1, 0.15) is 24.5 Å². The fourth-order valence-corrected chi connectivity index (χ4v) is 1.72. The molecule has 0 aromatic heterocycles. The van der Waals surface area contributed by atoms with Gasteiger partial charge >= 0.3 is 5.97 Å². The van der Waals surface area contributed by atoms with Gasteiger partial charge in [0.2, 0.25) is 0 Å². The highest BCUT2D eigenvalue weighted by Gasteiger charge is 2.08. The molecule has 4 heteroatoms. The van der Waals surface area contributed by atoms with Gasteiger partial charge in [-0.05, 0) is 30.5 Å². The molecule has 1 unspecified atom stereocenters. The fourth-order valence-electron chi connectivity index (χ4n) is 1.72. The van der Waals surface area contributed by atoms with Gasteiger partial charge < -0.3 is 15.5 Å². The van der Waals surface area contributed by atoms with Crippen molar-refractivity contribution >= 4 is 5.97 Å². The van der Waals surface area contributed by atoms with Crippen molar-refractivity contribution in [2.45, 2.75) is 32.3 Å². The first-order valence-corrected chi connectivity index (χ1v) is 6.30. The molecular weight excluding hydrogens is 230 g/mol. The quantitative estimate of drug-likeness (QED) is 0.608. The van der Waals surface area contributed by atoms with Crippen molar-refractivity contribution < 1.29 is 15.0 Å². The highest BCUT2D eigenvalue weighted by molar-refractivity contribution is 5.67. The van der Waals surface area contributed by atoms with Gasteiger partial charge in [-0.3, -0.25) is 4.79 Å². The van der Waals surface area contributed by atoms with Gasteiger partial charge in [-0.15, -0.1) is 0 Å². The predicted molar refractivity (Wildman–Crippen MR) is 70.7 cm³/mol. The average Bonchev–Trinajstić information content (AvgIpc) is 2.34. The molecule has 1 rings (SSSR count). The number of carboxylic acids is 1. The fraction of sp³-hybridized carbons (Fsp3) is 0.500. The summed E-state index contributed by atoms with van der Waals surface area (Å²) in [6.07, 6.45) is 0.895. The monoisotopic (exact) mass is 251 g/mol. The largest absolute Gasteiger partial charge is 0.481 e. The third-order valence-corrected chi connectivity index (χ3v) is 2.81. The van der Waals surface area contributed by atoms with Crippen molar-refractivity contribution in [3.63, 3.8) is 0 Å². The highest BCUT2D eigenvalue weighted by atomic mass is 16.4. The summed E-state index contributed by atoms with van der Waals surface area (Å²) in [5.41, 5.74) is 2.57. The maximum Gasteiger partial charge on any atom is 0.306 e. The number of hydrogen-bond acceptors (Lipinski definition) is 3. The number of carbonyl (C=O) groups is 1. The van der Waals surface area contributed by atoms with Crippen molar-refractivity contribution in [1.29, 1.82) is 0 Å². The van der Waals surface area contributed by atoms with Gasteiger partial charge in [-0.25, -0.2) is 0 Å². The number of benzene rings is 1. The second kappa shape index (κ2) is 7.84. The van der Waals surface area contributed by atoms with Crippen LogP contribution in [0.15, 0.2) is 24.3 Å². The Morgan fingerprint density at radius 3 is 2.44 bits per heavy atom. The zero-order valence-electron chi connectivity index (χ0n) is 10.7. The Bertz CT molecular complexity index is 362. The molecule has 0 aliphatic rings. The molecule has 0 radical (unpaired) electrons. The van der Waals surface area contributed by atoms with Gasteiger partial charge in [0.25, 0.3) is 0 Å². The van der Waals surface area contributed by atoms with E-state index in [1.165, 1.54) is 11.1 Å². The number of carboxylic acid groups (broad SMARTS) is 1. The Morgan fingerprint density at radius 1 is 1.28 bits per heavy atom. The molecule has 100 valence electrons. The van der Waals surface area contributed by atoms with E-state index in [9.17, 15) is 9.90 Å². The number of aryl methyl sites for hydroxylation is 1. The Kier molecular flexibility index (Phi) is 6.39. The third-order valence-electron chi connectivity index (χ3n) is 2.81. The van der Waals surface area contributed by atoms with Crippen LogP contribution in [0.2, 0.25) is 0 Å². The first-order chi connectivity index (χ1) is 8.61. The minimum absolute atomic E-state index is 0.210. The van der Waals surface area contributed by atoms with Crippen LogP contribution in [0.3, 0.4) is 0 Å². The molecular formula is C14H21NO3. The summed E-state index contributed by atoms with van der Waals surface area (Å²) >= 11 is 0. The second-order valence-corrected chi connectivity index (χ2v) is 4.38. The zero-order valence-corrected chi connectivity index (χ0v) is 10.7. The maximum absolute atomic E-state index is 10.3. The summed E-state index contributed by atoms with van der Waals surface area (Å²) in [6.45, 7) is 3.18. The van der Waals surface area contributed by atoms with E-state index in [0.29, 0.717) is 6.54 Å². The molecule has 18 heavy (non-hydrogen) atoms. The van der Waals surface area contributed by atoms with Crippen LogP contribution in [0.4, 0.5) is 0 Å². The Morgan fingerprint density at radius 2 is 1.89 bits per heavy atom. The molecule has 0 spiro atoms. The minimum atomic E-state index is -0.973. The predicted octanol–water partition coefficient (Wildman–Crippen LogP) is 1.22. The van der Waals surface area contributed by atoms with Crippen LogP contribution in [0.5, 0.6) is 0 Å². The molecule has 0 fully saturated rings. The van der Waals surface area contributed by atoms with Crippen molar-refractivity contribution in [2.75, 3.05) is 13.1 Å². The lowest BCUT2D eigenvalue weighted by molar-refractivity contribution is -0.139. The van der Waals surface area contributed by atoms with E-state index < -0.39 is 12.1 Å². The van der Waals surface area contributed by atoms with Crippen molar-refractivity contribution in [2.24, 2.45) is 0 Å². The van der Waals surface area contributed by atoms with Crippen molar-refractivity contribution in [1.82, 2.24) is 5.32 Å². The van der Waals surface area contributed by atoms with E-state index in [1.807, 2.05) is 0 Å². The molecule has 0 bridgehead atoms. The first-order valence-electron chi connectivity index (χ1n) is 6.30. The van der Waals surface area contributed by atoms with E-state index in [1.54, 1.807) is 0 Å². The Labute approximate surface area is 108 Å². The summed E-state index contributed by atoms with van der Waals surface area (Å²) in [7, 11) is 0. The number of aliphatic hydroxyl groups excluding tert-OH is 1. The zero-order chi connectivity index (χ0) is 13.4. The Balaban J connectivity index is 2.19. The lowest BCUT2D eigenvalue weighted by Gasteiger charge is -2.09. The van der Waals surface area contributed by atoms with Crippen LogP contribution >= 0.6 is 0 Å². The summed E-state index contributed by atoms with van der Waals surface area (Å²) in [4.78, 5) is 10.3. The number of hydrogen-bond donors (Lipinski definition) is 3. The molecule has 0 aliphatic heterocycles. The van der Waals surface area contributed by atoms with Gasteiger partial charge in [0, 0.05) is 6.54 Å². The third kappa shape index (κ3) is 5.80. The van der Waals surface area contributed by atoms with Crippen molar-refractivity contribution in [3.8, 4) is 0 Å². The molecule has 4 nitrogen and oxygen atoms in total. The smallest absolute Gasteiger partial charge is 0.306 e. The summed E-state index contributed by atoms with van der Waals surface area (Å²) in [6, 6.07) is 8.45. The van der Waals surface area contributed by atoms with Crippen LogP contribution in [0.25, 0.3) is 0 Å². The first kappa shape index (κ1) is 14.7. The standard InChI is InChI=1S/C14H21NO3/c1-2-11-3-5-12(6-4-11)7-8-15-10-13(16)9-14(17)18/h3-6,13,15-16H,2,7-10H2,1H3,(H,17,18). The molecule has 0 aliphatic carbocycles. The van der Waals surface area contributed by atoms with E-state index in [2.05, 4.69) is 36.5 Å². The topological polar surface area (TPSA) is 69.6 Å². The van der Waals surface area contributed by atoms with E-state index in [-0.39, 0.29) is 6.42 Å². The van der Waals surface area contributed by atoms with Crippen LogP contribution in [-0.2, 0) is 17.6 Å². The number of aliphatic carboxylic acids is 1. The van der Waals surface area contributed by atoms with Gasteiger partial charge in [-0.2, -0.15) is 0 Å². The van der Waals surface area contributed by atoms with Gasteiger partial charge in [-0.1, -0.05) is 31.2 Å². The van der Waals surface area contributed by atoms with Gasteiger partial charge in [0.05, 0.1) is 12.5 Å². The normalized spacial score (nSPS) is 12.3. The van der Waals surface area contributed by atoms with Crippen LogP contribution in [0, 0.1) is 0 Å². The van der Waals surface area contributed by atoms with Crippen molar-refractivity contribution in [3.05, 3.63) is 35.4 Å². The molecule has 1 atom stereocenters. The highest BCUT2D eigenvalue weighted by Crippen LogP contribution is 2.05.